The SMILES string of the molecule is COc1ccc2nccc(N3CCC4(CC3)C[C@@H](O)[C@@H](NC(=O)OC(C)(C)C)C4)c2n1. The summed E-state index contributed by atoms with van der Waals surface area (Å²) in [6.45, 7) is 7.24. The van der Waals surface area contributed by atoms with Crippen molar-refractivity contribution in [3.05, 3.63) is 24.4 Å². The summed E-state index contributed by atoms with van der Waals surface area (Å²) in [5.74, 6) is 0.574. The van der Waals surface area contributed by atoms with E-state index in [4.69, 9.17) is 9.47 Å². The largest absolute Gasteiger partial charge is 0.481 e. The Balaban J connectivity index is 1.43. The monoisotopic (exact) mass is 428 g/mol. The molecule has 31 heavy (non-hydrogen) atoms. The number of amides is 1. The number of aromatic nitrogens is 2. The van der Waals surface area contributed by atoms with Gasteiger partial charge in [0.05, 0.1) is 30.5 Å². The van der Waals surface area contributed by atoms with E-state index in [9.17, 15) is 9.90 Å². The van der Waals surface area contributed by atoms with Gasteiger partial charge in [0, 0.05) is 25.4 Å². The molecule has 1 saturated heterocycles. The number of anilines is 1. The molecule has 2 aliphatic rings. The number of nitrogens with zero attached hydrogens (tertiary/aromatic N) is 3. The Morgan fingerprint density at radius 3 is 2.65 bits per heavy atom. The van der Waals surface area contributed by atoms with Crippen LogP contribution in [-0.2, 0) is 4.74 Å². The average molecular weight is 429 g/mol. The van der Waals surface area contributed by atoms with Gasteiger partial charge in [-0.1, -0.05) is 0 Å². The Morgan fingerprint density at radius 2 is 1.97 bits per heavy atom. The number of aliphatic hydroxyl groups is 1. The fourth-order valence-corrected chi connectivity index (χ4v) is 4.87. The number of ether oxygens (including phenoxy) is 2. The predicted octanol–water partition coefficient (Wildman–Crippen LogP) is 3.27. The lowest BCUT2D eigenvalue weighted by molar-refractivity contribution is 0.0450. The molecule has 0 bridgehead atoms. The average Bonchev–Trinajstić information content (AvgIpc) is 3.00. The molecule has 0 unspecified atom stereocenters. The van der Waals surface area contributed by atoms with Crippen molar-refractivity contribution in [3.63, 3.8) is 0 Å². The van der Waals surface area contributed by atoms with Gasteiger partial charge in [0.1, 0.15) is 11.1 Å². The third-order valence-corrected chi connectivity index (χ3v) is 6.37. The Morgan fingerprint density at radius 1 is 1.23 bits per heavy atom. The normalized spacial score (nSPS) is 23.2. The van der Waals surface area contributed by atoms with Gasteiger partial charge in [-0.15, -0.1) is 0 Å². The highest BCUT2D eigenvalue weighted by molar-refractivity contribution is 5.88. The van der Waals surface area contributed by atoms with Crippen LogP contribution in [0.15, 0.2) is 24.4 Å². The molecule has 1 aliphatic carbocycles. The van der Waals surface area contributed by atoms with Crippen LogP contribution in [0.3, 0.4) is 0 Å². The number of rotatable bonds is 3. The number of hydrogen-bond acceptors (Lipinski definition) is 7. The van der Waals surface area contributed by atoms with E-state index in [0.717, 1.165) is 49.1 Å². The van der Waals surface area contributed by atoms with Gasteiger partial charge in [0.25, 0.3) is 0 Å². The minimum atomic E-state index is -0.555. The van der Waals surface area contributed by atoms with E-state index in [0.29, 0.717) is 12.3 Å². The molecule has 1 spiro atoms. The number of carbonyl (C=O) groups is 1. The molecule has 2 aromatic heterocycles. The first-order chi connectivity index (χ1) is 14.7. The molecule has 168 valence electrons. The third kappa shape index (κ3) is 4.69. The van der Waals surface area contributed by atoms with E-state index in [1.165, 1.54) is 0 Å². The first-order valence-electron chi connectivity index (χ1n) is 10.9. The lowest BCUT2D eigenvalue weighted by Crippen LogP contribution is -2.43. The predicted molar refractivity (Wildman–Crippen MR) is 118 cm³/mol. The number of aliphatic hydroxyl groups excluding tert-OH is 1. The Kier molecular flexibility index (Phi) is 5.68. The molecule has 1 amide bonds. The smallest absolute Gasteiger partial charge is 0.407 e. The van der Waals surface area contributed by atoms with E-state index in [1.54, 1.807) is 7.11 Å². The zero-order valence-corrected chi connectivity index (χ0v) is 18.7. The molecule has 1 aliphatic heterocycles. The number of methoxy groups -OCH3 is 1. The van der Waals surface area contributed by atoms with Gasteiger partial charge in [-0.25, -0.2) is 9.78 Å². The summed E-state index contributed by atoms with van der Waals surface area (Å²) in [6, 6.07) is 5.48. The van der Waals surface area contributed by atoms with Crippen LogP contribution in [0.5, 0.6) is 5.88 Å². The van der Waals surface area contributed by atoms with Gasteiger partial charge in [0.2, 0.25) is 5.88 Å². The van der Waals surface area contributed by atoms with Gasteiger partial charge < -0.3 is 24.8 Å². The number of carbonyl (C=O) groups excluding carboxylic acids is 1. The highest BCUT2D eigenvalue weighted by Crippen LogP contribution is 2.47. The molecular formula is C23H32N4O4. The van der Waals surface area contributed by atoms with Crippen molar-refractivity contribution in [2.24, 2.45) is 5.41 Å². The molecule has 8 heteroatoms. The fraction of sp³-hybridized carbons (Fsp3) is 0.609. The highest BCUT2D eigenvalue weighted by Gasteiger charge is 2.47. The van der Waals surface area contributed by atoms with Crippen LogP contribution in [0.25, 0.3) is 11.0 Å². The number of fused-ring (bicyclic) bond motifs is 1. The third-order valence-electron chi connectivity index (χ3n) is 6.37. The minimum Gasteiger partial charge on any atom is -0.481 e. The van der Waals surface area contributed by atoms with E-state index < -0.39 is 17.8 Å². The van der Waals surface area contributed by atoms with Crippen LogP contribution >= 0.6 is 0 Å². The second-order valence-corrected chi connectivity index (χ2v) is 9.77. The van der Waals surface area contributed by atoms with Crippen LogP contribution in [0, 0.1) is 5.41 Å². The van der Waals surface area contributed by atoms with E-state index >= 15 is 0 Å². The van der Waals surface area contributed by atoms with Gasteiger partial charge in [0.15, 0.2) is 0 Å². The molecule has 2 atom stereocenters. The van der Waals surface area contributed by atoms with Crippen molar-refractivity contribution in [1.29, 1.82) is 0 Å². The number of nitrogens with one attached hydrogen (secondary N) is 1. The molecule has 2 aromatic rings. The first-order valence-corrected chi connectivity index (χ1v) is 10.9. The lowest BCUT2D eigenvalue weighted by Gasteiger charge is -2.40. The van der Waals surface area contributed by atoms with Crippen LogP contribution < -0.4 is 15.0 Å². The summed E-state index contributed by atoms with van der Waals surface area (Å²) in [7, 11) is 1.61. The fourth-order valence-electron chi connectivity index (χ4n) is 4.87. The Bertz CT molecular complexity index is 950. The number of hydrogen-bond donors (Lipinski definition) is 2. The first kappa shape index (κ1) is 21.6. The summed E-state index contributed by atoms with van der Waals surface area (Å²) >= 11 is 0. The standard InChI is InChI=1S/C23H32N4O4/c1-22(2,3)31-21(29)25-16-13-23(14-18(16)28)8-11-27(12-9-23)17-7-10-24-15-5-6-19(30-4)26-20(15)17/h5-7,10,16,18,28H,8-9,11-14H2,1-4H3,(H,25,29)/t16-,18+/m0/s1. The number of alkyl carbamates (subject to hydrolysis) is 1. The Labute approximate surface area is 183 Å². The summed E-state index contributed by atoms with van der Waals surface area (Å²) in [6.07, 6.45) is 4.17. The van der Waals surface area contributed by atoms with Crippen molar-refractivity contribution in [1.82, 2.24) is 15.3 Å². The van der Waals surface area contributed by atoms with Crippen molar-refractivity contribution >= 4 is 22.8 Å². The number of piperidine rings is 1. The van der Waals surface area contributed by atoms with Crippen LogP contribution in [0.4, 0.5) is 10.5 Å². The lowest BCUT2D eigenvalue weighted by atomic mass is 9.76. The van der Waals surface area contributed by atoms with Crippen molar-refractivity contribution in [2.45, 2.75) is 64.2 Å². The molecule has 3 heterocycles. The summed E-state index contributed by atoms with van der Waals surface area (Å²) < 4.78 is 10.7. The maximum atomic E-state index is 12.2. The van der Waals surface area contributed by atoms with Gasteiger partial charge in [-0.3, -0.25) is 4.98 Å². The van der Waals surface area contributed by atoms with E-state index in [1.807, 2.05) is 45.2 Å². The van der Waals surface area contributed by atoms with Gasteiger partial charge in [-0.2, -0.15) is 0 Å². The minimum absolute atomic E-state index is 0.0313. The molecule has 4 rings (SSSR count). The summed E-state index contributed by atoms with van der Waals surface area (Å²) in [4.78, 5) is 23.5. The van der Waals surface area contributed by atoms with Crippen molar-refractivity contribution < 1.29 is 19.4 Å². The van der Waals surface area contributed by atoms with Gasteiger partial charge >= 0.3 is 6.09 Å². The molecule has 1 saturated carbocycles. The summed E-state index contributed by atoms with van der Waals surface area (Å²) in [5, 5.41) is 13.5. The number of pyridine rings is 2. The molecule has 2 N–H and O–H groups in total. The highest BCUT2D eigenvalue weighted by atomic mass is 16.6. The van der Waals surface area contributed by atoms with Crippen molar-refractivity contribution in [3.8, 4) is 5.88 Å². The van der Waals surface area contributed by atoms with Gasteiger partial charge in [-0.05, 0) is 64.0 Å². The quantitative estimate of drug-likeness (QED) is 0.774. The van der Waals surface area contributed by atoms with Crippen molar-refractivity contribution in [2.75, 3.05) is 25.1 Å². The zero-order valence-electron chi connectivity index (χ0n) is 18.7. The summed E-state index contributed by atoms with van der Waals surface area (Å²) in [5.41, 5.74) is 2.22. The Hall–Kier alpha value is -2.61. The maximum Gasteiger partial charge on any atom is 0.407 e. The second kappa shape index (κ2) is 8.15. The van der Waals surface area contributed by atoms with E-state index in [2.05, 4.69) is 20.2 Å². The van der Waals surface area contributed by atoms with Crippen LogP contribution in [0.2, 0.25) is 0 Å². The topological polar surface area (TPSA) is 96.8 Å². The van der Waals surface area contributed by atoms with Crippen LogP contribution in [0.1, 0.15) is 46.5 Å². The van der Waals surface area contributed by atoms with E-state index in [-0.39, 0.29) is 11.5 Å². The molecular weight excluding hydrogens is 396 g/mol. The molecule has 2 fully saturated rings. The maximum absolute atomic E-state index is 12.2. The zero-order chi connectivity index (χ0) is 22.2. The van der Waals surface area contributed by atoms with Crippen LogP contribution in [-0.4, -0.2) is 59.1 Å². The molecule has 8 nitrogen and oxygen atoms in total. The molecule has 0 radical (unpaired) electrons. The second-order valence-electron chi connectivity index (χ2n) is 9.77. The molecule has 0 aromatic carbocycles.